The van der Waals surface area contributed by atoms with Gasteiger partial charge in [-0.25, -0.2) is 14.6 Å². The third kappa shape index (κ3) is 5.20. The summed E-state index contributed by atoms with van der Waals surface area (Å²) in [6, 6.07) is 10.7. The summed E-state index contributed by atoms with van der Waals surface area (Å²) in [6.07, 6.45) is 1.87. The molecule has 1 amide bonds. The number of pyridine rings is 1. The topological polar surface area (TPSA) is 88.5 Å². The first kappa shape index (κ1) is 18.2. The van der Waals surface area contributed by atoms with E-state index in [-0.39, 0.29) is 17.5 Å². The van der Waals surface area contributed by atoms with Crippen LogP contribution in [0.3, 0.4) is 0 Å². The number of benzene rings is 1. The SMILES string of the molecule is O=C(N/C(=C\c1c(I)ccnc1Cl)C(=O)O)OCc1ccccc1. The summed E-state index contributed by atoms with van der Waals surface area (Å²) in [5, 5.41) is 11.6. The van der Waals surface area contributed by atoms with Crippen LogP contribution in [0.1, 0.15) is 11.1 Å². The highest BCUT2D eigenvalue weighted by Crippen LogP contribution is 2.21. The summed E-state index contributed by atoms with van der Waals surface area (Å²) in [5.74, 6) is -1.32. The van der Waals surface area contributed by atoms with Gasteiger partial charge >= 0.3 is 12.1 Å². The van der Waals surface area contributed by atoms with Crippen LogP contribution in [0.15, 0.2) is 48.3 Å². The molecule has 0 aliphatic rings. The van der Waals surface area contributed by atoms with Gasteiger partial charge in [-0.2, -0.15) is 0 Å². The molecule has 124 valence electrons. The molecule has 0 radical (unpaired) electrons. The van der Waals surface area contributed by atoms with Gasteiger partial charge in [0.05, 0.1) is 0 Å². The molecule has 0 spiro atoms. The molecule has 0 aliphatic heterocycles. The Kier molecular flexibility index (Phi) is 6.56. The Balaban J connectivity index is 2.10. The number of alkyl carbamates (subject to hydrolysis) is 1. The van der Waals surface area contributed by atoms with Crippen molar-refractivity contribution in [3.8, 4) is 0 Å². The number of carbonyl (C=O) groups excluding carboxylic acids is 1. The lowest BCUT2D eigenvalue weighted by molar-refractivity contribution is -0.132. The third-order valence-corrected chi connectivity index (χ3v) is 4.10. The fraction of sp³-hybridized carbons (Fsp3) is 0.0625. The van der Waals surface area contributed by atoms with Crippen LogP contribution < -0.4 is 5.32 Å². The van der Waals surface area contributed by atoms with Crippen molar-refractivity contribution in [2.24, 2.45) is 0 Å². The molecule has 2 rings (SSSR count). The van der Waals surface area contributed by atoms with Gasteiger partial charge in [0.1, 0.15) is 17.5 Å². The van der Waals surface area contributed by atoms with Crippen LogP contribution in [0.4, 0.5) is 4.79 Å². The minimum Gasteiger partial charge on any atom is -0.477 e. The van der Waals surface area contributed by atoms with Gasteiger partial charge in [0, 0.05) is 15.3 Å². The fourth-order valence-electron chi connectivity index (χ4n) is 1.72. The zero-order valence-electron chi connectivity index (χ0n) is 12.2. The first-order chi connectivity index (χ1) is 11.5. The van der Waals surface area contributed by atoms with Gasteiger partial charge in [-0.1, -0.05) is 41.9 Å². The maximum atomic E-state index is 11.8. The molecule has 0 saturated carbocycles. The number of hydrogen-bond donors (Lipinski definition) is 2. The second kappa shape index (κ2) is 8.65. The van der Waals surface area contributed by atoms with Crippen LogP contribution in [0.2, 0.25) is 5.15 Å². The van der Waals surface area contributed by atoms with Gasteiger partial charge in [-0.05, 0) is 40.3 Å². The standard InChI is InChI=1S/C16H12ClIN2O4/c17-14-11(12(18)6-7-19-14)8-13(15(21)22)20-16(23)24-9-10-4-2-1-3-5-10/h1-8H,9H2,(H,20,23)(H,21,22)/b13-8-. The second-order valence-corrected chi connectivity index (χ2v) is 6.07. The number of carbonyl (C=O) groups is 2. The summed E-state index contributed by atoms with van der Waals surface area (Å²) >= 11 is 7.95. The number of nitrogens with zero attached hydrogens (tertiary/aromatic N) is 1. The van der Waals surface area contributed by atoms with E-state index in [9.17, 15) is 14.7 Å². The molecule has 2 aromatic rings. The Morgan fingerprint density at radius 1 is 1.29 bits per heavy atom. The highest BCUT2D eigenvalue weighted by molar-refractivity contribution is 14.1. The van der Waals surface area contributed by atoms with Crippen LogP contribution in [0, 0.1) is 3.57 Å². The number of nitrogens with one attached hydrogen (secondary N) is 1. The largest absolute Gasteiger partial charge is 0.477 e. The van der Waals surface area contributed by atoms with E-state index in [0.717, 1.165) is 5.56 Å². The summed E-state index contributed by atoms with van der Waals surface area (Å²) in [4.78, 5) is 27.0. The maximum absolute atomic E-state index is 11.8. The lowest BCUT2D eigenvalue weighted by Gasteiger charge is -2.08. The molecular formula is C16H12ClIN2O4. The average Bonchev–Trinajstić information content (AvgIpc) is 2.56. The zero-order valence-corrected chi connectivity index (χ0v) is 15.1. The van der Waals surface area contributed by atoms with Crippen LogP contribution in [-0.2, 0) is 16.1 Å². The number of aromatic nitrogens is 1. The van der Waals surface area contributed by atoms with Gasteiger partial charge in [0.15, 0.2) is 0 Å². The van der Waals surface area contributed by atoms with E-state index < -0.39 is 12.1 Å². The lowest BCUT2D eigenvalue weighted by Crippen LogP contribution is -2.27. The van der Waals surface area contributed by atoms with Crippen LogP contribution in [0.25, 0.3) is 6.08 Å². The first-order valence-corrected chi connectivity index (χ1v) is 8.15. The average molecular weight is 459 g/mol. The van der Waals surface area contributed by atoms with Crippen molar-refractivity contribution in [2.45, 2.75) is 6.61 Å². The van der Waals surface area contributed by atoms with Gasteiger partial charge in [0.25, 0.3) is 0 Å². The minimum atomic E-state index is -1.32. The van der Waals surface area contributed by atoms with Gasteiger partial charge in [-0.3, -0.25) is 5.32 Å². The number of ether oxygens (including phenoxy) is 1. The monoisotopic (exact) mass is 458 g/mol. The van der Waals surface area contributed by atoms with Crippen LogP contribution in [0.5, 0.6) is 0 Å². The summed E-state index contributed by atoms with van der Waals surface area (Å²) in [6.45, 7) is 0.0325. The molecule has 0 fully saturated rings. The van der Waals surface area contributed by atoms with Crippen molar-refractivity contribution in [3.05, 3.63) is 68.1 Å². The van der Waals surface area contributed by atoms with E-state index in [4.69, 9.17) is 16.3 Å². The molecule has 0 bridgehead atoms. The first-order valence-electron chi connectivity index (χ1n) is 6.70. The fourth-order valence-corrected chi connectivity index (χ4v) is 2.66. The number of amides is 1. The number of aliphatic carboxylic acids is 1. The van der Waals surface area contributed by atoms with E-state index in [1.54, 1.807) is 18.2 Å². The van der Waals surface area contributed by atoms with Crippen molar-refractivity contribution in [2.75, 3.05) is 0 Å². The molecule has 0 atom stereocenters. The molecule has 1 aromatic carbocycles. The Bertz CT molecular complexity index is 761. The van der Waals surface area contributed by atoms with E-state index in [0.29, 0.717) is 9.13 Å². The van der Waals surface area contributed by atoms with Crippen molar-refractivity contribution >= 4 is 52.3 Å². The molecule has 0 unspecified atom stereocenters. The predicted molar refractivity (Wildman–Crippen MR) is 97.3 cm³/mol. The molecule has 1 aromatic heterocycles. The van der Waals surface area contributed by atoms with Crippen molar-refractivity contribution in [1.29, 1.82) is 0 Å². The Morgan fingerprint density at radius 2 is 2.00 bits per heavy atom. The van der Waals surface area contributed by atoms with Crippen molar-refractivity contribution in [3.63, 3.8) is 0 Å². The number of halogens is 2. The highest BCUT2D eigenvalue weighted by Gasteiger charge is 2.15. The number of carboxylic acid groups (broad SMARTS) is 1. The highest BCUT2D eigenvalue weighted by atomic mass is 127. The predicted octanol–water partition coefficient (Wildman–Crippen LogP) is 3.69. The molecule has 6 nitrogen and oxygen atoms in total. The Morgan fingerprint density at radius 3 is 2.62 bits per heavy atom. The van der Waals surface area contributed by atoms with Gasteiger partial charge < -0.3 is 9.84 Å². The molecule has 0 saturated heterocycles. The molecule has 8 heteroatoms. The van der Waals surface area contributed by atoms with Crippen molar-refractivity contribution < 1.29 is 19.4 Å². The smallest absolute Gasteiger partial charge is 0.412 e. The maximum Gasteiger partial charge on any atom is 0.412 e. The van der Waals surface area contributed by atoms with E-state index >= 15 is 0 Å². The van der Waals surface area contributed by atoms with Crippen molar-refractivity contribution in [1.82, 2.24) is 10.3 Å². The molecule has 24 heavy (non-hydrogen) atoms. The van der Waals surface area contributed by atoms with E-state index in [1.165, 1.54) is 12.3 Å². The van der Waals surface area contributed by atoms with Crippen LogP contribution >= 0.6 is 34.2 Å². The van der Waals surface area contributed by atoms with E-state index in [2.05, 4.69) is 10.3 Å². The Hall–Kier alpha value is -2.13. The zero-order chi connectivity index (χ0) is 17.5. The second-order valence-electron chi connectivity index (χ2n) is 4.55. The lowest BCUT2D eigenvalue weighted by atomic mass is 10.2. The molecule has 1 heterocycles. The third-order valence-electron chi connectivity index (χ3n) is 2.86. The normalized spacial score (nSPS) is 11.0. The summed E-state index contributed by atoms with van der Waals surface area (Å²) in [7, 11) is 0. The Labute approximate surface area is 156 Å². The minimum absolute atomic E-state index is 0.0325. The van der Waals surface area contributed by atoms with Gasteiger partial charge in [0.2, 0.25) is 0 Å². The van der Waals surface area contributed by atoms with E-state index in [1.807, 2.05) is 40.8 Å². The summed E-state index contributed by atoms with van der Waals surface area (Å²) < 4.78 is 5.70. The number of rotatable bonds is 5. The number of hydrogen-bond acceptors (Lipinski definition) is 4. The summed E-state index contributed by atoms with van der Waals surface area (Å²) in [5.41, 5.74) is 0.833. The quantitative estimate of drug-likeness (QED) is 0.405. The molecular weight excluding hydrogens is 447 g/mol. The molecule has 0 aliphatic carbocycles. The van der Waals surface area contributed by atoms with Crippen LogP contribution in [-0.4, -0.2) is 22.2 Å². The number of carboxylic acids is 1. The molecule has 2 N–H and O–H groups in total. The van der Waals surface area contributed by atoms with Gasteiger partial charge in [-0.15, -0.1) is 0 Å².